The first-order valence-electron chi connectivity index (χ1n) is 12.5. The van der Waals surface area contributed by atoms with Crippen molar-refractivity contribution in [2.75, 3.05) is 0 Å². The quantitative estimate of drug-likeness (QED) is 0.218. The third-order valence-electron chi connectivity index (χ3n) is 5.82. The third kappa shape index (κ3) is 10.4. The van der Waals surface area contributed by atoms with E-state index in [4.69, 9.17) is 8.56 Å². The van der Waals surface area contributed by atoms with E-state index in [0.29, 0.717) is 0 Å². The van der Waals surface area contributed by atoms with Gasteiger partial charge in [-0.15, -0.1) is 0 Å². The fourth-order valence-electron chi connectivity index (χ4n) is 4.43. The first kappa shape index (κ1) is 37.3. The molecule has 0 aliphatic heterocycles. The van der Waals surface area contributed by atoms with Crippen molar-refractivity contribution in [1.82, 2.24) is 0 Å². The Morgan fingerprint density at radius 3 is 0.725 bits per heavy atom. The Kier molecular flexibility index (Phi) is 12.8. The molecule has 0 aromatic carbocycles. The van der Waals surface area contributed by atoms with Crippen LogP contribution in [0.4, 0.5) is 0 Å². The van der Waals surface area contributed by atoms with Crippen LogP contribution in [0, 0.1) is 34.0 Å². The van der Waals surface area contributed by atoms with E-state index in [0.717, 1.165) is 20.8 Å². The summed E-state index contributed by atoms with van der Waals surface area (Å²) in [5.41, 5.74) is -3.06. The molecule has 12 nitrogen and oxygen atoms in total. The summed E-state index contributed by atoms with van der Waals surface area (Å²) in [6.07, 6.45) is 0. The standard InChI is InChI=1S/3C9H14O4.In/c3*1-5(10)6(9(2,3)4)7(11)8(12)13;/h3*6H,1-4H3,(H,12,13);/q;;;+3/p-3. The van der Waals surface area contributed by atoms with Crippen LogP contribution < -0.4 is 0 Å². The monoisotopic (exact) mass is 670 g/mol. The Balaban J connectivity index is 6.39. The summed E-state index contributed by atoms with van der Waals surface area (Å²) in [6, 6.07) is 0. The number of ketones is 6. The van der Waals surface area contributed by atoms with E-state index in [1.165, 1.54) is 62.3 Å². The zero-order chi connectivity index (χ0) is 32.1. The zero-order valence-electron chi connectivity index (χ0n) is 25.2. The van der Waals surface area contributed by atoms with Gasteiger partial charge in [0.25, 0.3) is 0 Å². The van der Waals surface area contributed by atoms with Gasteiger partial charge in [0.15, 0.2) is 0 Å². The Labute approximate surface area is 243 Å². The van der Waals surface area contributed by atoms with E-state index in [9.17, 15) is 43.2 Å². The van der Waals surface area contributed by atoms with Crippen LogP contribution in [-0.4, -0.2) is 75.4 Å². The zero-order valence-corrected chi connectivity index (χ0v) is 28.5. The number of carbonyl (C=O) groups is 9. The number of carbonyl (C=O) groups excluding carboxylic acids is 9. The summed E-state index contributed by atoms with van der Waals surface area (Å²) in [5, 5.41) is 0. The average molecular weight is 670 g/mol. The van der Waals surface area contributed by atoms with Crippen molar-refractivity contribution < 1.29 is 51.7 Å². The Hall–Kier alpha value is -2.70. The predicted octanol–water partition coefficient (Wildman–Crippen LogP) is 2.06. The van der Waals surface area contributed by atoms with Gasteiger partial charge in [-0.05, 0) is 0 Å². The van der Waals surface area contributed by atoms with Gasteiger partial charge in [-0.3, -0.25) is 0 Å². The van der Waals surface area contributed by atoms with Crippen LogP contribution in [-0.2, 0) is 51.7 Å². The second kappa shape index (κ2) is 13.8. The van der Waals surface area contributed by atoms with Crippen LogP contribution in [0.3, 0.4) is 0 Å². The molecule has 0 aromatic heterocycles. The molecule has 0 saturated heterocycles. The molecule has 0 rings (SSSR count). The molecule has 0 N–H and O–H groups in total. The summed E-state index contributed by atoms with van der Waals surface area (Å²) in [6.45, 7) is 16.9. The SMILES string of the molecule is CC(=O)C(C(=O)C(=O)[O][In]([O]C(=O)C(=O)C(C(C)=O)C(C)(C)C)[O]C(=O)C(=O)C(C(C)=O)C(C)(C)C)C(C)(C)C. The van der Waals surface area contributed by atoms with Crippen molar-refractivity contribution >= 4 is 75.4 Å². The van der Waals surface area contributed by atoms with Crippen molar-refractivity contribution in [2.24, 2.45) is 34.0 Å². The van der Waals surface area contributed by atoms with Crippen LogP contribution in [0.1, 0.15) is 83.1 Å². The molecule has 0 aliphatic carbocycles. The van der Waals surface area contributed by atoms with Crippen molar-refractivity contribution in [1.29, 1.82) is 0 Å². The molecule has 0 saturated carbocycles. The molecule has 13 heteroatoms. The predicted molar refractivity (Wildman–Crippen MR) is 140 cm³/mol. The molecule has 0 fully saturated rings. The molecule has 222 valence electrons. The molecular weight excluding hydrogens is 631 g/mol. The van der Waals surface area contributed by atoms with Crippen LogP contribution in [0.5, 0.6) is 0 Å². The summed E-state index contributed by atoms with van der Waals surface area (Å²) in [4.78, 5) is 113. The van der Waals surface area contributed by atoms with Crippen molar-refractivity contribution in [3.8, 4) is 0 Å². The van der Waals surface area contributed by atoms with Gasteiger partial charge in [-0.2, -0.15) is 0 Å². The molecular formula is C27H39InO12. The minimum atomic E-state index is -5.40. The van der Waals surface area contributed by atoms with Gasteiger partial charge in [0, 0.05) is 0 Å². The maximum atomic E-state index is 12.8. The maximum absolute atomic E-state index is 12.8. The summed E-state index contributed by atoms with van der Waals surface area (Å²) < 4.78 is 14.8. The summed E-state index contributed by atoms with van der Waals surface area (Å²) in [5.74, 6) is -15.4. The number of rotatable bonds is 12. The van der Waals surface area contributed by atoms with E-state index in [-0.39, 0.29) is 0 Å². The topological polar surface area (TPSA) is 181 Å². The molecule has 3 atom stereocenters. The van der Waals surface area contributed by atoms with Gasteiger partial charge in [-0.25, -0.2) is 0 Å². The Bertz CT molecular complexity index is 960. The molecule has 0 radical (unpaired) electrons. The third-order valence-corrected chi connectivity index (χ3v) is 9.30. The van der Waals surface area contributed by atoms with Crippen LogP contribution >= 0.6 is 0 Å². The molecule has 0 bridgehead atoms. The second-order valence-electron chi connectivity index (χ2n) is 12.8. The van der Waals surface area contributed by atoms with E-state index in [1.807, 2.05) is 0 Å². The molecule has 0 spiro atoms. The first-order valence-corrected chi connectivity index (χ1v) is 16.5. The average Bonchev–Trinajstić information content (AvgIpc) is 2.69. The number of hydrogen-bond donors (Lipinski definition) is 0. The first-order chi connectivity index (χ1) is 17.7. The van der Waals surface area contributed by atoms with Gasteiger partial charge < -0.3 is 0 Å². The van der Waals surface area contributed by atoms with E-state index < -0.39 is 109 Å². The minimum absolute atomic E-state index is 0.663. The summed E-state index contributed by atoms with van der Waals surface area (Å²) in [7, 11) is 0. The van der Waals surface area contributed by atoms with Gasteiger partial charge in [0.2, 0.25) is 0 Å². The van der Waals surface area contributed by atoms with E-state index >= 15 is 0 Å². The van der Waals surface area contributed by atoms with Crippen molar-refractivity contribution in [3.05, 3.63) is 0 Å². The van der Waals surface area contributed by atoms with Crippen molar-refractivity contribution in [2.45, 2.75) is 83.1 Å². The molecule has 0 amide bonds. The van der Waals surface area contributed by atoms with E-state index in [1.54, 1.807) is 0 Å². The Morgan fingerprint density at radius 2 is 0.600 bits per heavy atom. The van der Waals surface area contributed by atoms with Gasteiger partial charge >= 0.3 is 244 Å². The molecule has 0 aromatic rings. The second-order valence-corrected chi connectivity index (χ2v) is 16.5. The fraction of sp³-hybridized carbons (Fsp3) is 0.667. The number of hydrogen-bond acceptors (Lipinski definition) is 12. The van der Waals surface area contributed by atoms with Gasteiger partial charge in [0.1, 0.15) is 0 Å². The normalized spacial score (nSPS) is 14.1. The summed E-state index contributed by atoms with van der Waals surface area (Å²) >= 11 is -5.40. The van der Waals surface area contributed by atoms with Crippen LogP contribution in [0.25, 0.3) is 0 Å². The molecule has 40 heavy (non-hydrogen) atoms. The van der Waals surface area contributed by atoms with Gasteiger partial charge in [-0.1, -0.05) is 0 Å². The molecule has 0 aliphatic rings. The van der Waals surface area contributed by atoms with Gasteiger partial charge in [0.05, 0.1) is 0 Å². The molecule has 0 heterocycles. The fourth-order valence-corrected chi connectivity index (χ4v) is 7.33. The Morgan fingerprint density at radius 1 is 0.425 bits per heavy atom. The van der Waals surface area contributed by atoms with Crippen LogP contribution in [0.2, 0.25) is 0 Å². The number of Topliss-reactive ketones (excluding diaryl/α,β-unsaturated/α-hetero) is 6. The molecule has 3 unspecified atom stereocenters. The van der Waals surface area contributed by atoms with Crippen molar-refractivity contribution in [3.63, 3.8) is 0 Å². The van der Waals surface area contributed by atoms with E-state index in [2.05, 4.69) is 0 Å². The van der Waals surface area contributed by atoms with Crippen LogP contribution in [0.15, 0.2) is 0 Å².